The number of ether oxygens (including phenoxy) is 13. The summed E-state index contributed by atoms with van der Waals surface area (Å²) in [6, 6.07) is 9.66. The summed E-state index contributed by atoms with van der Waals surface area (Å²) in [7, 11) is 0. The second-order valence-corrected chi connectivity index (χ2v) is 11.2. The Morgan fingerprint density at radius 3 is 0.959 bits per heavy atom. The van der Waals surface area contributed by atoms with Gasteiger partial charge in [0.2, 0.25) is 0 Å². The van der Waals surface area contributed by atoms with Crippen molar-refractivity contribution in [3.8, 4) is 5.75 Å². The SMILES string of the molecule is CC(C)(C)OC(=O)CCOCCOCCOCCOCCOCCOCCOCCOCCOCCOCCOCCOc1ccccc1. The van der Waals surface area contributed by atoms with Crippen molar-refractivity contribution in [3.63, 3.8) is 0 Å². The van der Waals surface area contributed by atoms with Crippen LogP contribution >= 0.6 is 0 Å². The number of carbonyl (C=O) groups is 1. The predicted octanol–water partition coefficient (Wildman–Crippen LogP) is 2.98. The summed E-state index contributed by atoms with van der Waals surface area (Å²) in [5.41, 5.74) is -0.475. The van der Waals surface area contributed by atoms with Crippen molar-refractivity contribution in [3.05, 3.63) is 30.3 Å². The minimum atomic E-state index is -0.475. The average molecular weight is 707 g/mol. The fourth-order valence-electron chi connectivity index (χ4n) is 3.58. The molecule has 0 aliphatic heterocycles. The van der Waals surface area contributed by atoms with E-state index in [4.69, 9.17) is 61.6 Å². The van der Waals surface area contributed by atoms with Gasteiger partial charge in [-0.1, -0.05) is 18.2 Å². The lowest BCUT2D eigenvalue weighted by Crippen LogP contribution is -2.24. The van der Waals surface area contributed by atoms with Gasteiger partial charge in [0.15, 0.2) is 0 Å². The lowest BCUT2D eigenvalue weighted by atomic mass is 10.2. The molecular formula is C35H62O14. The van der Waals surface area contributed by atoms with Crippen LogP contribution in [0.4, 0.5) is 0 Å². The minimum Gasteiger partial charge on any atom is -0.491 e. The van der Waals surface area contributed by atoms with E-state index in [1.807, 2.05) is 51.1 Å². The molecule has 0 N–H and O–H groups in total. The molecule has 14 nitrogen and oxygen atoms in total. The molecule has 0 amide bonds. The lowest BCUT2D eigenvalue weighted by Gasteiger charge is -2.19. The van der Waals surface area contributed by atoms with E-state index in [0.29, 0.717) is 152 Å². The fourth-order valence-corrected chi connectivity index (χ4v) is 3.58. The van der Waals surface area contributed by atoms with Crippen molar-refractivity contribution in [2.24, 2.45) is 0 Å². The maximum absolute atomic E-state index is 11.6. The predicted molar refractivity (Wildman–Crippen MR) is 181 cm³/mol. The van der Waals surface area contributed by atoms with Crippen molar-refractivity contribution in [1.29, 1.82) is 0 Å². The van der Waals surface area contributed by atoms with Crippen molar-refractivity contribution in [1.82, 2.24) is 0 Å². The highest BCUT2D eigenvalue weighted by atomic mass is 16.6. The zero-order valence-electron chi connectivity index (χ0n) is 30.1. The Labute approximate surface area is 293 Å². The van der Waals surface area contributed by atoms with Crippen LogP contribution in [0, 0.1) is 0 Å². The first-order valence-corrected chi connectivity index (χ1v) is 17.2. The van der Waals surface area contributed by atoms with Gasteiger partial charge in [-0.25, -0.2) is 0 Å². The first-order chi connectivity index (χ1) is 24.0. The molecule has 0 spiro atoms. The molecule has 0 saturated carbocycles. The summed E-state index contributed by atoms with van der Waals surface area (Å²) < 4.78 is 70.8. The molecule has 1 rings (SSSR count). The van der Waals surface area contributed by atoms with E-state index in [-0.39, 0.29) is 12.4 Å². The summed E-state index contributed by atoms with van der Waals surface area (Å²) in [4.78, 5) is 11.6. The highest BCUT2D eigenvalue weighted by Crippen LogP contribution is 2.08. The maximum atomic E-state index is 11.6. The fraction of sp³-hybridized carbons (Fsp3) is 0.800. The molecule has 286 valence electrons. The number of hydrogen-bond acceptors (Lipinski definition) is 14. The molecule has 0 aliphatic rings. The molecule has 0 fully saturated rings. The largest absolute Gasteiger partial charge is 0.491 e. The van der Waals surface area contributed by atoms with Gasteiger partial charge in [0.25, 0.3) is 0 Å². The Morgan fingerprint density at radius 1 is 0.408 bits per heavy atom. The topological polar surface area (TPSA) is 137 Å². The Morgan fingerprint density at radius 2 is 0.673 bits per heavy atom. The molecule has 0 bridgehead atoms. The standard InChI is InChI=1S/C35H62O14/c1-35(2,3)49-34(36)9-10-37-11-12-38-13-14-39-15-16-40-17-18-41-19-20-42-21-22-43-23-24-44-25-26-45-27-28-46-29-30-47-31-32-48-33-7-5-4-6-8-33/h4-8H,9-32H2,1-3H3. The van der Waals surface area contributed by atoms with Crippen LogP contribution in [0.3, 0.4) is 0 Å². The highest BCUT2D eigenvalue weighted by Gasteiger charge is 2.15. The molecular weight excluding hydrogens is 644 g/mol. The Kier molecular flexibility index (Phi) is 31.7. The molecule has 0 unspecified atom stereocenters. The summed E-state index contributed by atoms with van der Waals surface area (Å²) in [6.07, 6.45) is 0.231. The van der Waals surface area contributed by atoms with Gasteiger partial charge in [0.1, 0.15) is 18.0 Å². The zero-order chi connectivity index (χ0) is 35.4. The van der Waals surface area contributed by atoms with Crippen LogP contribution < -0.4 is 4.74 Å². The van der Waals surface area contributed by atoms with Crippen LogP contribution in [0.25, 0.3) is 0 Å². The van der Waals surface area contributed by atoms with Gasteiger partial charge in [-0.2, -0.15) is 0 Å². The monoisotopic (exact) mass is 706 g/mol. The van der Waals surface area contributed by atoms with Gasteiger partial charge >= 0.3 is 5.97 Å². The second-order valence-electron chi connectivity index (χ2n) is 11.2. The van der Waals surface area contributed by atoms with Crippen LogP contribution in [-0.2, 0) is 61.6 Å². The van der Waals surface area contributed by atoms with Crippen molar-refractivity contribution in [2.75, 3.05) is 152 Å². The molecule has 0 saturated heterocycles. The third-order valence-corrected chi connectivity index (χ3v) is 5.83. The molecule has 0 aromatic heterocycles. The van der Waals surface area contributed by atoms with E-state index >= 15 is 0 Å². The second kappa shape index (κ2) is 34.5. The van der Waals surface area contributed by atoms with Crippen molar-refractivity contribution < 1.29 is 66.4 Å². The van der Waals surface area contributed by atoms with Gasteiger partial charge in [0, 0.05) is 0 Å². The smallest absolute Gasteiger partial charge is 0.308 e. The number of esters is 1. The summed E-state index contributed by atoms with van der Waals surface area (Å²) in [5.74, 6) is 0.575. The first kappa shape index (κ1) is 45.1. The Balaban J connectivity index is 1.63. The number of carbonyl (C=O) groups excluding carboxylic acids is 1. The Hall–Kier alpha value is -1.95. The van der Waals surface area contributed by atoms with E-state index in [0.717, 1.165) is 5.75 Å². The number of hydrogen-bond donors (Lipinski definition) is 0. The first-order valence-electron chi connectivity index (χ1n) is 17.2. The third-order valence-electron chi connectivity index (χ3n) is 5.83. The van der Waals surface area contributed by atoms with Gasteiger partial charge in [-0.15, -0.1) is 0 Å². The molecule has 0 atom stereocenters. The quantitative estimate of drug-likeness (QED) is 0.0741. The van der Waals surface area contributed by atoms with Crippen molar-refractivity contribution in [2.45, 2.75) is 32.8 Å². The molecule has 0 heterocycles. The molecule has 0 aliphatic carbocycles. The average Bonchev–Trinajstić information content (AvgIpc) is 3.07. The van der Waals surface area contributed by atoms with Crippen molar-refractivity contribution >= 4 is 5.97 Å². The van der Waals surface area contributed by atoms with E-state index in [2.05, 4.69) is 0 Å². The van der Waals surface area contributed by atoms with Gasteiger partial charge in [-0.3, -0.25) is 4.79 Å². The van der Waals surface area contributed by atoms with E-state index in [1.165, 1.54) is 0 Å². The molecule has 49 heavy (non-hydrogen) atoms. The normalized spacial score (nSPS) is 11.7. The van der Waals surface area contributed by atoms with E-state index < -0.39 is 5.60 Å². The van der Waals surface area contributed by atoms with E-state index in [1.54, 1.807) is 0 Å². The van der Waals surface area contributed by atoms with Crippen LogP contribution in [0.15, 0.2) is 30.3 Å². The van der Waals surface area contributed by atoms with Crippen LogP contribution in [0.1, 0.15) is 27.2 Å². The summed E-state index contributed by atoms with van der Waals surface area (Å²) in [6.45, 7) is 16.7. The zero-order valence-corrected chi connectivity index (χ0v) is 30.1. The van der Waals surface area contributed by atoms with Crippen LogP contribution in [0.5, 0.6) is 5.75 Å². The maximum Gasteiger partial charge on any atom is 0.308 e. The minimum absolute atomic E-state index is 0.231. The highest BCUT2D eigenvalue weighted by molar-refractivity contribution is 5.69. The third kappa shape index (κ3) is 35.7. The Bertz CT molecular complexity index is 824. The van der Waals surface area contributed by atoms with E-state index in [9.17, 15) is 4.79 Å². The van der Waals surface area contributed by atoms with Crippen LogP contribution in [0.2, 0.25) is 0 Å². The lowest BCUT2D eigenvalue weighted by molar-refractivity contribution is -0.156. The number of benzene rings is 1. The molecule has 1 aromatic rings. The van der Waals surface area contributed by atoms with Gasteiger partial charge in [0.05, 0.1) is 152 Å². The summed E-state index contributed by atoms with van der Waals surface area (Å²) in [5, 5.41) is 0. The molecule has 0 radical (unpaired) electrons. The van der Waals surface area contributed by atoms with Crippen LogP contribution in [-0.4, -0.2) is 164 Å². The number of para-hydroxylation sites is 1. The number of rotatable bonds is 37. The summed E-state index contributed by atoms with van der Waals surface area (Å²) >= 11 is 0. The van der Waals surface area contributed by atoms with Gasteiger partial charge < -0.3 is 61.6 Å². The molecule has 1 aromatic carbocycles. The van der Waals surface area contributed by atoms with Gasteiger partial charge in [-0.05, 0) is 32.9 Å². The molecule has 14 heteroatoms.